The molecule has 0 bridgehead atoms. The first kappa shape index (κ1) is 17.1. The highest BCUT2D eigenvalue weighted by molar-refractivity contribution is 5.33. The van der Waals surface area contributed by atoms with Gasteiger partial charge in [0, 0.05) is 31.5 Å². The molecule has 1 atom stereocenters. The Hall–Kier alpha value is -2.32. The normalized spacial score (nSPS) is 17.7. The zero-order valence-electron chi connectivity index (χ0n) is 15.9. The van der Waals surface area contributed by atoms with Crippen LogP contribution in [0.5, 0.6) is 0 Å². The first-order valence-corrected chi connectivity index (χ1v) is 9.78. The summed E-state index contributed by atoms with van der Waals surface area (Å²) in [5.74, 6) is 0. The average Bonchev–Trinajstić information content (AvgIpc) is 3.05. The Morgan fingerprint density at radius 3 is 2.35 bits per heavy atom. The third-order valence-electron chi connectivity index (χ3n) is 5.56. The molecule has 2 heterocycles. The number of aromatic nitrogens is 1. The van der Waals surface area contributed by atoms with Crippen LogP contribution in [0.3, 0.4) is 0 Å². The SMILES string of the molecule is CCc1ccc([C@H]2c3cccn3CCCN2Cc2ccc(C)cc2)cc1. The molecule has 0 fully saturated rings. The molecular formula is C24H28N2. The number of aryl methyl sites for hydroxylation is 3. The van der Waals surface area contributed by atoms with Crippen molar-refractivity contribution in [3.8, 4) is 0 Å². The number of hydrogen-bond donors (Lipinski definition) is 0. The predicted molar refractivity (Wildman–Crippen MR) is 108 cm³/mol. The fourth-order valence-corrected chi connectivity index (χ4v) is 4.06. The summed E-state index contributed by atoms with van der Waals surface area (Å²) >= 11 is 0. The third-order valence-corrected chi connectivity index (χ3v) is 5.56. The third kappa shape index (κ3) is 3.47. The first-order valence-electron chi connectivity index (χ1n) is 9.78. The van der Waals surface area contributed by atoms with Crippen LogP contribution >= 0.6 is 0 Å². The van der Waals surface area contributed by atoms with Crippen LogP contribution in [0.15, 0.2) is 66.9 Å². The zero-order chi connectivity index (χ0) is 17.9. The molecule has 0 aliphatic carbocycles. The summed E-state index contributed by atoms with van der Waals surface area (Å²) in [6, 6.07) is 23.0. The molecule has 0 saturated heterocycles. The minimum atomic E-state index is 0.319. The summed E-state index contributed by atoms with van der Waals surface area (Å²) in [6.07, 6.45) is 4.52. The summed E-state index contributed by atoms with van der Waals surface area (Å²) in [4.78, 5) is 2.64. The van der Waals surface area contributed by atoms with Gasteiger partial charge in [-0.1, -0.05) is 61.0 Å². The quantitative estimate of drug-likeness (QED) is 0.619. The standard InChI is InChI=1S/C24H28N2/c1-3-20-11-13-22(14-12-20)24-23-6-4-15-25(23)16-5-17-26(24)18-21-9-7-19(2)8-10-21/h4,6-15,24H,3,5,16-18H2,1-2H3/t24-/m0/s1. The van der Waals surface area contributed by atoms with Gasteiger partial charge in [-0.05, 0) is 48.6 Å². The number of rotatable bonds is 4. The highest BCUT2D eigenvalue weighted by atomic mass is 15.2. The zero-order valence-corrected chi connectivity index (χ0v) is 15.9. The van der Waals surface area contributed by atoms with Crippen LogP contribution in [0.1, 0.15) is 47.3 Å². The Morgan fingerprint density at radius 1 is 0.885 bits per heavy atom. The summed E-state index contributed by atoms with van der Waals surface area (Å²) in [6.45, 7) is 7.59. The van der Waals surface area contributed by atoms with E-state index in [2.05, 4.69) is 90.2 Å². The van der Waals surface area contributed by atoms with Gasteiger partial charge in [-0.3, -0.25) is 4.90 Å². The number of benzene rings is 2. The van der Waals surface area contributed by atoms with Gasteiger partial charge >= 0.3 is 0 Å². The van der Waals surface area contributed by atoms with E-state index in [1.165, 1.54) is 34.4 Å². The number of nitrogens with zero attached hydrogens (tertiary/aromatic N) is 2. The molecule has 0 spiro atoms. The van der Waals surface area contributed by atoms with Gasteiger partial charge < -0.3 is 4.57 Å². The molecule has 0 saturated carbocycles. The molecule has 26 heavy (non-hydrogen) atoms. The highest BCUT2D eigenvalue weighted by Crippen LogP contribution is 2.33. The van der Waals surface area contributed by atoms with Crippen molar-refractivity contribution in [3.63, 3.8) is 0 Å². The second kappa shape index (κ2) is 7.51. The van der Waals surface area contributed by atoms with Crippen LogP contribution in [0.25, 0.3) is 0 Å². The van der Waals surface area contributed by atoms with E-state index in [1.807, 2.05) is 0 Å². The van der Waals surface area contributed by atoms with Gasteiger partial charge in [0.25, 0.3) is 0 Å². The van der Waals surface area contributed by atoms with Crippen molar-refractivity contribution < 1.29 is 0 Å². The van der Waals surface area contributed by atoms with E-state index >= 15 is 0 Å². The van der Waals surface area contributed by atoms with E-state index in [0.29, 0.717) is 6.04 Å². The van der Waals surface area contributed by atoms with Crippen molar-refractivity contribution >= 4 is 0 Å². The van der Waals surface area contributed by atoms with Gasteiger partial charge in [-0.25, -0.2) is 0 Å². The Balaban J connectivity index is 1.71. The van der Waals surface area contributed by atoms with Crippen molar-refractivity contribution in [1.29, 1.82) is 0 Å². The van der Waals surface area contributed by atoms with E-state index in [0.717, 1.165) is 26.1 Å². The van der Waals surface area contributed by atoms with Gasteiger partial charge in [-0.2, -0.15) is 0 Å². The largest absolute Gasteiger partial charge is 0.350 e. The molecule has 0 unspecified atom stereocenters. The van der Waals surface area contributed by atoms with Gasteiger partial charge in [0.15, 0.2) is 0 Å². The minimum absolute atomic E-state index is 0.319. The van der Waals surface area contributed by atoms with Crippen LogP contribution < -0.4 is 0 Å². The van der Waals surface area contributed by atoms with Crippen molar-refractivity contribution in [2.45, 2.75) is 45.8 Å². The molecule has 3 aromatic rings. The molecule has 4 rings (SSSR count). The molecule has 1 aliphatic heterocycles. The van der Waals surface area contributed by atoms with E-state index in [4.69, 9.17) is 0 Å². The molecule has 0 N–H and O–H groups in total. The van der Waals surface area contributed by atoms with Crippen LogP contribution in [0.4, 0.5) is 0 Å². The molecule has 134 valence electrons. The van der Waals surface area contributed by atoms with Gasteiger partial charge in [-0.15, -0.1) is 0 Å². The summed E-state index contributed by atoms with van der Waals surface area (Å²) in [7, 11) is 0. The van der Waals surface area contributed by atoms with Crippen molar-refractivity contribution in [3.05, 3.63) is 94.8 Å². The second-order valence-electron chi connectivity index (χ2n) is 7.43. The number of fused-ring (bicyclic) bond motifs is 1. The van der Waals surface area contributed by atoms with Gasteiger partial charge in [0.2, 0.25) is 0 Å². The molecule has 0 amide bonds. The van der Waals surface area contributed by atoms with Crippen LogP contribution in [0.2, 0.25) is 0 Å². The van der Waals surface area contributed by atoms with Crippen LogP contribution in [-0.2, 0) is 19.5 Å². The Kier molecular flexibility index (Phi) is 4.94. The molecule has 1 aliphatic rings. The average molecular weight is 345 g/mol. The van der Waals surface area contributed by atoms with E-state index in [-0.39, 0.29) is 0 Å². The smallest absolute Gasteiger partial charge is 0.0759 e. The maximum atomic E-state index is 2.64. The van der Waals surface area contributed by atoms with Crippen LogP contribution in [-0.4, -0.2) is 16.0 Å². The lowest BCUT2D eigenvalue weighted by Crippen LogP contribution is -2.29. The van der Waals surface area contributed by atoms with Crippen molar-refractivity contribution in [2.24, 2.45) is 0 Å². The molecule has 1 aromatic heterocycles. The summed E-state index contributed by atoms with van der Waals surface area (Å²) < 4.78 is 2.44. The topological polar surface area (TPSA) is 8.17 Å². The fourth-order valence-electron chi connectivity index (χ4n) is 4.06. The summed E-state index contributed by atoms with van der Waals surface area (Å²) in [5.41, 5.74) is 6.94. The maximum Gasteiger partial charge on any atom is 0.0759 e. The van der Waals surface area contributed by atoms with Crippen molar-refractivity contribution in [2.75, 3.05) is 6.54 Å². The van der Waals surface area contributed by atoms with E-state index in [9.17, 15) is 0 Å². The van der Waals surface area contributed by atoms with Gasteiger partial charge in [0.05, 0.1) is 6.04 Å². The van der Waals surface area contributed by atoms with Crippen LogP contribution in [0, 0.1) is 6.92 Å². The maximum absolute atomic E-state index is 2.64. The van der Waals surface area contributed by atoms with E-state index < -0.39 is 0 Å². The monoisotopic (exact) mass is 344 g/mol. The Morgan fingerprint density at radius 2 is 1.62 bits per heavy atom. The molecule has 0 radical (unpaired) electrons. The van der Waals surface area contributed by atoms with Crippen molar-refractivity contribution in [1.82, 2.24) is 9.47 Å². The lowest BCUT2D eigenvalue weighted by atomic mass is 9.99. The summed E-state index contributed by atoms with van der Waals surface area (Å²) in [5, 5.41) is 0. The molecule has 2 aromatic carbocycles. The fraction of sp³-hybridized carbons (Fsp3) is 0.333. The van der Waals surface area contributed by atoms with Gasteiger partial charge in [0.1, 0.15) is 0 Å². The highest BCUT2D eigenvalue weighted by Gasteiger charge is 2.27. The minimum Gasteiger partial charge on any atom is -0.350 e. The molecule has 2 heteroatoms. The molecule has 2 nitrogen and oxygen atoms in total. The lowest BCUT2D eigenvalue weighted by Gasteiger charge is -2.31. The first-order chi connectivity index (χ1) is 12.7. The number of hydrogen-bond acceptors (Lipinski definition) is 1. The second-order valence-corrected chi connectivity index (χ2v) is 7.43. The lowest BCUT2D eigenvalue weighted by molar-refractivity contribution is 0.220. The Labute approximate surface area is 157 Å². The van der Waals surface area contributed by atoms with E-state index in [1.54, 1.807) is 0 Å². The molecular weight excluding hydrogens is 316 g/mol. The predicted octanol–water partition coefficient (Wildman–Crippen LogP) is 5.35. The Bertz CT molecular complexity index is 843.